The van der Waals surface area contributed by atoms with Crippen LogP contribution in [0.5, 0.6) is 11.5 Å². The summed E-state index contributed by atoms with van der Waals surface area (Å²) in [4.78, 5) is 39.2. The molecule has 3 aromatic carbocycles. The number of hydrogen-bond donors (Lipinski definition) is 1. The molecule has 0 unspecified atom stereocenters. The van der Waals surface area contributed by atoms with E-state index in [2.05, 4.69) is 5.32 Å². The van der Waals surface area contributed by atoms with Gasteiger partial charge in [0.05, 0.1) is 17.8 Å². The van der Waals surface area contributed by atoms with Crippen LogP contribution >= 0.6 is 23.2 Å². The number of amides is 4. The predicted octanol–water partition coefficient (Wildman–Crippen LogP) is 5.56. The first-order valence-electron chi connectivity index (χ1n) is 10.5. The van der Waals surface area contributed by atoms with Crippen molar-refractivity contribution in [1.82, 2.24) is 5.32 Å². The van der Waals surface area contributed by atoms with Gasteiger partial charge in [0.25, 0.3) is 11.8 Å². The van der Waals surface area contributed by atoms with E-state index in [1.165, 1.54) is 13.2 Å². The maximum atomic E-state index is 13.2. The molecule has 7 nitrogen and oxygen atoms in total. The average molecular weight is 511 g/mol. The number of hydrogen-bond acceptors (Lipinski definition) is 5. The van der Waals surface area contributed by atoms with Gasteiger partial charge in [-0.05, 0) is 54.0 Å². The van der Waals surface area contributed by atoms with Crippen LogP contribution in [-0.4, -0.2) is 25.0 Å². The summed E-state index contributed by atoms with van der Waals surface area (Å²) in [6.07, 6.45) is 1.34. The Balaban J connectivity index is 1.67. The molecule has 0 atom stereocenters. The molecule has 0 saturated carbocycles. The zero-order chi connectivity index (χ0) is 25.1. The van der Waals surface area contributed by atoms with E-state index in [0.717, 1.165) is 10.5 Å². The smallest absolute Gasteiger partial charge is 0.335 e. The van der Waals surface area contributed by atoms with Gasteiger partial charge in [0.2, 0.25) is 0 Å². The van der Waals surface area contributed by atoms with Crippen LogP contribution in [0.15, 0.2) is 66.2 Å². The molecule has 0 aliphatic carbocycles. The molecule has 1 saturated heterocycles. The molecule has 35 heavy (non-hydrogen) atoms. The molecule has 4 amide bonds. The highest BCUT2D eigenvalue weighted by Gasteiger charge is 2.37. The number of carbonyl (C=O) groups is 3. The van der Waals surface area contributed by atoms with E-state index in [9.17, 15) is 14.4 Å². The summed E-state index contributed by atoms with van der Waals surface area (Å²) in [7, 11) is 1.46. The highest BCUT2D eigenvalue weighted by molar-refractivity contribution is 6.40. The number of urea groups is 1. The van der Waals surface area contributed by atoms with Crippen molar-refractivity contribution >= 4 is 52.8 Å². The molecule has 1 aliphatic heterocycles. The van der Waals surface area contributed by atoms with E-state index >= 15 is 0 Å². The van der Waals surface area contributed by atoms with Crippen molar-refractivity contribution in [1.29, 1.82) is 0 Å². The molecular weight excluding hydrogens is 491 g/mol. The third kappa shape index (κ3) is 5.01. The molecule has 0 radical (unpaired) electrons. The van der Waals surface area contributed by atoms with Gasteiger partial charge in [-0.15, -0.1) is 0 Å². The summed E-state index contributed by atoms with van der Waals surface area (Å²) < 4.78 is 11.3. The summed E-state index contributed by atoms with van der Waals surface area (Å²) in [6.45, 7) is 1.95. The third-order valence-electron chi connectivity index (χ3n) is 5.37. The number of rotatable bonds is 6. The van der Waals surface area contributed by atoms with Gasteiger partial charge in [-0.25, -0.2) is 9.69 Å². The molecule has 9 heteroatoms. The second-order valence-corrected chi connectivity index (χ2v) is 8.46. The number of imide groups is 2. The lowest BCUT2D eigenvalue weighted by molar-refractivity contribution is -0.122. The Bertz CT molecular complexity index is 1360. The van der Waals surface area contributed by atoms with Crippen LogP contribution in [0.25, 0.3) is 6.08 Å². The molecule has 0 spiro atoms. The minimum atomic E-state index is -0.859. The standard InChI is InChI=1S/C26H20Cl2N2O5/c1-15-19(27)9-6-10-21(15)30-25(32)18(24(31)29-26(30)33)11-17-12-20(28)23(22(13-17)34-2)35-14-16-7-4-3-5-8-16/h3-13H,14H2,1-2H3,(H,29,31,33)/b18-11+. The van der Waals surface area contributed by atoms with Crippen molar-refractivity contribution in [3.8, 4) is 11.5 Å². The SMILES string of the molecule is COc1cc(/C=C2\C(=O)NC(=O)N(c3cccc(Cl)c3C)C2=O)cc(Cl)c1OCc1ccccc1. The molecule has 4 rings (SSSR count). The number of nitrogens with zero attached hydrogens (tertiary/aromatic N) is 1. The lowest BCUT2D eigenvalue weighted by Gasteiger charge is -2.27. The normalized spacial score (nSPS) is 14.8. The fourth-order valence-corrected chi connectivity index (χ4v) is 4.02. The minimum absolute atomic E-state index is 0.231. The Labute approximate surface area is 211 Å². The molecule has 178 valence electrons. The van der Waals surface area contributed by atoms with Gasteiger partial charge in [0.1, 0.15) is 12.2 Å². The summed E-state index contributed by atoms with van der Waals surface area (Å²) in [5.74, 6) is -0.965. The lowest BCUT2D eigenvalue weighted by atomic mass is 10.1. The van der Waals surface area contributed by atoms with E-state index < -0.39 is 17.8 Å². The number of anilines is 1. The first-order chi connectivity index (χ1) is 16.8. The lowest BCUT2D eigenvalue weighted by Crippen LogP contribution is -2.54. The monoisotopic (exact) mass is 510 g/mol. The van der Waals surface area contributed by atoms with Gasteiger partial charge in [-0.1, -0.05) is 59.6 Å². The Morgan fingerprint density at radius 2 is 1.71 bits per heavy atom. The molecule has 1 heterocycles. The Hall–Kier alpha value is -3.81. The van der Waals surface area contributed by atoms with E-state index in [-0.39, 0.29) is 22.9 Å². The predicted molar refractivity (Wildman–Crippen MR) is 134 cm³/mol. The van der Waals surface area contributed by atoms with E-state index in [0.29, 0.717) is 27.6 Å². The number of barbiturate groups is 1. The van der Waals surface area contributed by atoms with Crippen LogP contribution in [-0.2, 0) is 16.2 Å². The first kappa shape index (κ1) is 24.3. The van der Waals surface area contributed by atoms with Crippen molar-refractivity contribution in [3.05, 3.63) is 93.0 Å². The molecule has 0 aromatic heterocycles. The Morgan fingerprint density at radius 1 is 0.971 bits per heavy atom. The van der Waals surface area contributed by atoms with Gasteiger partial charge in [-0.2, -0.15) is 0 Å². The number of nitrogens with one attached hydrogen (secondary N) is 1. The maximum absolute atomic E-state index is 13.2. The zero-order valence-corrected chi connectivity index (χ0v) is 20.3. The fraction of sp³-hybridized carbons (Fsp3) is 0.115. The van der Waals surface area contributed by atoms with Gasteiger partial charge >= 0.3 is 6.03 Å². The van der Waals surface area contributed by atoms with Crippen LogP contribution in [0.2, 0.25) is 10.0 Å². The zero-order valence-electron chi connectivity index (χ0n) is 18.8. The van der Waals surface area contributed by atoms with E-state index in [4.69, 9.17) is 32.7 Å². The number of carbonyl (C=O) groups excluding carboxylic acids is 3. The van der Waals surface area contributed by atoms with Crippen LogP contribution in [0, 0.1) is 6.92 Å². The van der Waals surface area contributed by atoms with Gasteiger partial charge in [0, 0.05) is 5.02 Å². The van der Waals surface area contributed by atoms with Gasteiger partial charge in [0.15, 0.2) is 11.5 Å². The molecule has 1 N–H and O–H groups in total. The summed E-state index contributed by atoms with van der Waals surface area (Å²) in [5.41, 5.74) is 1.91. The van der Waals surface area contributed by atoms with E-state index in [1.54, 1.807) is 37.3 Å². The number of halogens is 2. The van der Waals surface area contributed by atoms with Crippen molar-refractivity contribution in [3.63, 3.8) is 0 Å². The number of methoxy groups -OCH3 is 1. The first-order valence-corrected chi connectivity index (χ1v) is 11.3. The number of ether oxygens (including phenoxy) is 2. The van der Waals surface area contributed by atoms with Crippen LogP contribution < -0.4 is 19.7 Å². The summed E-state index contributed by atoms with van der Waals surface area (Å²) >= 11 is 12.6. The van der Waals surface area contributed by atoms with E-state index in [1.807, 2.05) is 30.3 Å². The van der Waals surface area contributed by atoms with Crippen molar-refractivity contribution in [2.24, 2.45) is 0 Å². The van der Waals surface area contributed by atoms with Crippen molar-refractivity contribution in [2.45, 2.75) is 13.5 Å². The summed E-state index contributed by atoms with van der Waals surface area (Å²) in [6, 6.07) is 16.7. The topological polar surface area (TPSA) is 84.9 Å². The minimum Gasteiger partial charge on any atom is -0.493 e. The third-order valence-corrected chi connectivity index (χ3v) is 6.06. The molecule has 1 aliphatic rings. The number of benzene rings is 3. The molecule has 0 bridgehead atoms. The van der Waals surface area contributed by atoms with Crippen LogP contribution in [0.1, 0.15) is 16.7 Å². The van der Waals surface area contributed by atoms with Crippen LogP contribution in [0.3, 0.4) is 0 Å². The molecule has 3 aromatic rings. The quantitative estimate of drug-likeness (QED) is 0.346. The second-order valence-electron chi connectivity index (χ2n) is 7.65. The van der Waals surface area contributed by atoms with Crippen LogP contribution in [0.4, 0.5) is 10.5 Å². The largest absolute Gasteiger partial charge is 0.493 e. The average Bonchev–Trinajstić information content (AvgIpc) is 2.84. The summed E-state index contributed by atoms with van der Waals surface area (Å²) in [5, 5.41) is 2.81. The highest BCUT2D eigenvalue weighted by Crippen LogP contribution is 2.38. The van der Waals surface area contributed by atoms with Gasteiger partial charge < -0.3 is 9.47 Å². The van der Waals surface area contributed by atoms with Crippen molar-refractivity contribution in [2.75, 3.05) is 12.0 Å². The Kier molecular flexibility index (Phi) is 7.10. The highest BCUT2D eigenvalue weighted by atomic mass is 35.5. The molecule has 1 fully saturated rings. The maximum Gasteiger partial charge on any atom is 0.335 e. The second kappa shape index (κ2) is 10.2. The molecular formula is C26H20Cl2N2O5. The fourth-order valence-electron chi connectivity index (χ4n) is 3.57. The van der Waals surface area contributed by atoms with Gasteiger partial charge in [-0.3, -0.25) is 14.9 Å². The van der Waals surface area contributed by atoms with Crippen molar-refractivity contribution < 1.29 is 23.9 Å². The Morgan fingerprint density at radius 3 is 2.43 bits per heavy atom.